The van der Waals surface area contributed by atoms with Gasteiger partial charge in [0, 0.05) is 11.3 Å². The summed E-state index contributed by atoms with van der Waals surface area (Å²) in [6, 6.07) is 10.1. The van der Waals surface area contributed by atoms with Gasteiger partial charge >= 0.3 is 5.97 Å². The topological polar surface area (TPSA) is 75.6 Å². The lowest BCUT2D eigenvalue weighted by Crippen LogP contribution is -2.13. The molecule has 6 heteroatoms. The van der Waals surface area contributed by atoms with Crippen molar-refractivity contribution in [3.63, 3.8) is 0 Å². The smallest absolute Gasteiger partial charge is 0.337 e. The Morgan fingerprint density at radius 1 is 1.11 bits per heavy atom. The highest BCUT2D eigenvalue weighted by Gasteiger charge is 2.19. The van der Waals surface area contributed by atoms with Crippen molar-refractivity contribution in [3.05, 3.63) is 81.3 Å². The maximum atomic E-state index is 12.6. The van der Waals surface area contributed by atoms with Crippen LogP contribution in [0, 0.1) is 0 Å². The van der Waals surface area contributed by atoms with E-state index in [1.807, 2.05) is 6.07 Å². The van der Waals surface area contributed by atoms with Gasteiger partial charge in [-0.1, -0.05) is 18.2 Å². The molecule has 2 N–H and O–H groups in total. The zero-order valence-electron chi connectivity index (χ0n) is 14.4. The molecule has 2 aromatic rings. The van der Waals surface area contributed by atoms with Crippen molar-refractivity contribution in [2.75, 3.05) is 11.9 Å². The summed E-state index contributed by atoms with van der Waals surface area (Å²) in [5.74, 6) is -0.430. The van der Waals surface area contributed by atoms with Gasteiger partial charge < -0.3 is 15.2 Å². The largest absolute Gasteiger partial charge is 0.493 e. The minimum Gasteiger partial charge on any atom is -0.493 e. The highest BCUT2D eigenvalue weighted by Crippen LogP contribution is 2.34. The van der Waals surface area contributed by atoms with Crippen molar-refractivity contribution in [2.45, 2.75) is 12.8 Å². The Labute approximate surface area is 160 Å². The third-order valence-corrected chi connectivity index (χ3v) is 5.57. The number of ether oxygens (including phenoxy) is 1. The van der Waals surface area contributed by atoms with Gasteiger partial charge in [-0.25, -0.2) is 4.79 Å². The minimum atomic E-state index is -1.07. The van der Waals surface area contributed by atoms with Crippen LogP contribution in [0.3, 0.4) is 0 Å². The normalized spacial score (nSPS) is 15.6. The van der Waals surface area contributed by atoms with E-state index in [1.165, 1.54) is 23.0 Å². The molecule has 1 fully saturated rings. The van der Waals surface area contributed by atoms with E-state index in [0.29, 0.717) is 11.5 Å². The Hall–Kier alpha value is -3.12. The van der Waals surface area contributed by atoms with Crippen molar-refractivity contribution in [1.82, 2.24) is 0 Å². The summed E-state index contributed by atoms with van der Waals surface area (Å²) in [5.41, 5.74) is 2.63. The Morgan fingerprint density at radius 3 is 2.81 bits per heavy atom. The molecule has 1 amide bonds. The van der Waals surface area contributed by atoms with Gasteiger partial charge in [0.05, 0.1) is 22.7 Å². The number of hydrogen-bond acceptors (Lipinski definition) is 4. The minimum absolute atomic E-state index is 0.0682. The van der Waals surface area contributed by atoms with E-state index in [-0.39, 0.29) is 17.2 Å². The molecular weight excluding hydrogens is 362 g/mol. The van der Waals surface area contributed by atoms with E-state index >= 15 is 0 Å². The van der Waals surface area contributed by atoms with Gasteiger partial charge in [-0.05, 0) is 54.0 Å². The summed E-state index contributed by atoms with van der Waals surface area (Å²) in [5, 5.41) is 11.9. The van der Waals surface area contributed by atoms with Crippen LogP contribution in [0.15, 0.2) is 66.0 Å². The number of nitrogens with one attached hydrogen (secondary N) is 1. The van der Waals surface area contributed by atoms with Gasteiger partial charge in [-0.15, -0.1) is 11.3 Å². The first-order valence-electron chi connectivity index (χ1n) is 8.60. The standard InChI is InChI=1S/C21H17NO4S/c23-20(22-16-6-2-1-5-15(16)21(24)25)19-9-8-18(27-19)14-4-3-7-17-13(12-14)10-11-26-17/h1-2,4-9,12H,3,10-11H2,(H,22,23)(H,24,25). The average Bonchev–Trinajstić information content (AvgIpc) is 3.27. The number of carboxylic acids is 1. The molecule has 136 valence electrons. The highest BCUT2D eigenvalue weighted by molar-refractivity contribution is 7.15. The molecule has 0 radical (unpaired) electrons. The molecule has 1 aliphatic carbocycles. The van der Waals surface area contributed by atoms with Crippen molar-refractivity contribution >= 4 is 34.5 Å². The van der Waals surface area contributed by atoms with Crippen LogP contribution in [0.25, 0.3) is 5.57 Å². The Balaban J connectivity index is 1.55. The second-order valence-corrected chi connectivity index (χ2v) is 7.28. The van der Waals surface area contributed by atoms with E-state index in [2.05, 4.69) is 23.5 Å². The summed E-state index contributed by atoms with van der Waals surface area (Å²) in [7, 11) is 0. The van der Waals surface area contributed by atoms with Gasteiger partial charge in [0.1, 0.15) is 5.76 Å². The molecule has 1 aromatic carbocycles. The lowest BCUT2D eigenvalue weighted by molar-refractivity contribution is 0.0698. The van der Waals surface area contributed by atoms with Crippen LogP contribution < -0.4 is 5.32 Å². The van der Waals surface area contributed by atoms with Crippen LogP contribution in [0.2, 0.25) is 0 Å². The molecule has 0 atom stereocenters. The number of benzene rings is 1. The molecule has 1 aliphatic heterocycles. The van der Waals surface area contributed by atoms with E-state index in [1.54, 1.807) is 24.3 Å². The Bertz CT molecular complexity index is 1010. The molecule has 0 spiro atoms. The van der Waals surface area contributed by atoms with E-state index in [9.17, 15) is 14.7 Å². The maximum Gasteiger partial charge on any atom is 0.337 e. The number of rotatable bonds is 4. The number of thiophene rings is 1. The second kappa shape index (κ2) is 7.25. The average molecular weight is 379 g/mol. The Morgan fingerprint density at radius 2 is 1.96 bits per heavy atom. The second-order valence-electron chi connectivity index (χ2n) is 6.20. The highest BCUT2D eigenvalue weighted by atomic mass is 32.1. The number of aromatic carboxylic acids is 1. The lowest BCUT2D eigenvalue weighted by atomic mass is 10.1. The fourth-order valence-corrected chi connectivity index (χ4v) is 4.02. The van der Waals surface area contributed by atoms with Crippen LogP contribution >= 0.6 is 11.3 Å². The van der Waals surface area contributed by atoms with Crippen LogP contribution in [0.1, 0.15) is 37.7 Å². The number of allylic oxidation sites excluding steroid dienone is 5. The van der Waals surface area contributed by atoms with Crippen molar-refractivity contribution in [1.29, 1.82) is 0 Å². The fourth-order valence-electron chi connectivity index (χ4n) is 3.11. The molecule has 2 heterocycles. The molecule has 4 rings (SSSR count). The molecule has 2 aliphatic rings. The number of carbonyl (C=O) groups is 2. The lowest BCUT2D eigenvalue weighted by Gasteiger charge is -2.07. The number of anilines is 1. The number of carbonyl (C=O) groups excluding carboxylic acids is 1. The molecule has 1 aromatic heterocycles. The van der Waals surface area contributed by atoms with Crippen LogP contribution in [0.4, 0.5) is 5.69 Å². The quantitative estimate of drug-likeness (QED) is 0.806. The van der Waals surface area contributed by atoms with Crippen molar-refractivity contribution in [2.24, 2.45) is 0 Å². The van der Waals surface area contributed by atoms with Gasteiger partial charge in [-0.2, -0.15) is 0 Å². The zero-order valence-corrected chi connectivity index (χ0v) is 15.2. The van der Waals surface area contributed by atoms with Crippen molar-refractivity contribution < 1.29 is 19.4 Å². The Kier molecular flexibility index (Phi) is 4.64. The van der Waals surface area contributed by atoms with Crippen LogP contribution in [-0.2, 0) is 4.74 Å². The first kappa shape index (κ1) is 17.3. The summed E-state index contributed by atoms with van der Waals surface area (Å²) in [6.45, 7) is 0.714. The molecule has 5 nitrogen and oxygen atoms in total. The number of hydrogen-bond donors (Lipinski definition) is 2. The summed E-state index contributed by atoms with van der Waals surface area (Å²) in [6.07, 6.45) is 8.01. The molecule has 0 bridgehead atoms. The number of fused-ring (bicyclic) bond motifs is 1. The van der Waals surface area contributed by atoms with Crippen LogP contribution in [-0.4, -0.2) is 23.6 Å². The molecule has 0 saturated carbocycles. The maximum absolute atomic E-state index is 12.6. The summed E-state index contributed by atoms with van der Waals surface area (Å²) in [4.78, 5) is 25.4. The number of amides is 1. The molecule has 27 heavy (non-hydrogen) atoms. The third-order valence-electron chi connectivity index (χ3n) is 4.44. The number of carboxylic acid groups (broad SMARTS) is 1. The monoisotopic (exact) mass is 379 g/mol. The van der Waals surface area contributed by atoms with Crippen molar-refractivity contribution in [3.8, 4) is 0 Å². The van der Waals surface area contributed by atoms with Gasteiger partial charge in [0.25, 0.3) is 5.91 Å². The SMILES string of the molecule is O=C(Nc1ccccc1C(=O)O)c1ccc(C2=CCC=C3OCCC3=C2)s1. The first-order chi connectivity index (χ1) is 13.1. The van der Waals surface area contributed by atoms with E-state index < -0.39 is 5.97 Å². The number of para-hydroxylation sites is 1. The molecular formula is C21H17NO4S. The summed E-state index contributed by atoms with van der Waals surface area (Å²) < 4.78 is 5.61. The third kappa shape index (κ3) is 3.57. The van der Waals surface area contributed by atoms with E-state index in [0.717, 1.165) is 29.1 Å². The molecule has 1 saturated heterocycles. The van der Waals surface area contributed by atoms with E-state index in [4.69, 9.17) is 4.74 Å². The fraction of sp³-hybridized carbons (Fsp3) is 0.143. The molecule has 0 unspecified atom stereocenters. The van der Waals surface area contributed by atoms with Gasteiger partial charge in [0.15, 0.2) is 0 Å². The first-order valence-corrected chi connectivity index (χ1v) is 9.41. The predicted molar refractivity (Wildman–Crippen MR) is 105 cm³/mol. The van der Waals surface area contributed by atoms with Gasteiger partial charge in [0.2, 0.25) is 0 Å². The zero-order chi connectivity index (χ0) is 18.8. The summed E-state index contributed by atoms with van der Waals surface area (Å²) >= 11 is 1.39. The van der Waals surface area contributed by atoms with Gasteiger partial charge in [-0.3, -0.25) is 4.79 Å². The van der Waals surface area contributed by atoms with Crippen LogP contribution in [0.5, 0.6) is 0 Å². The predicted octanol–water partition coefficient (Wildman–Crippen LogP) is 4.72.